The van der Waals surface area contributed by atoms with E-state index in [1.54, 1.807) is 11.3 Å². The molecule has 0 radical (unpaired) electrons. The third kappa shape index (κ3) is 4.05. The summed E-state index contributed by atoms with van der Waals surface area (Å²) in [5.74, 6) is 0.374. The van der Waals surface area contributed by atoms with Crippen LogP contribution in [0.1, 0.15) is 42.3 Å². The van der Waals surface area contributed by atoms with Gasteiger partial charge < -0.3 is 15.5 Å². The zero-order valence-corrected chi connectivity index (χ0v) is 15.8. The Balaban J connectivity index is 1.77. The van der Waals surface area contributed by atoms with Crippen molar-refractivity contribution in [2.45, 2.75) is 37.3 Å². The number of rotatable bonds is 6. The SMILES string of the molecule is CN(C)[C@@H](CCC1C(c2ccccc2)CCN1C(N)=O)c1ccsc1. The van der Waals surface area contributed by atoms with Crippen LogP contribution in [0.4, 0.5) is 4.79 Å². The lowest BCUT2D eigenvalue weighted by molar-refractivity contribution is 0.188. The minimum Gasteiger partial charge on any atom is -0.351 e. The maximum absolute atomic E-state index is 11.9. The number of carbonyl (C=O) groups is 1. The number of likely N-dealkylation sites (tertiary alicyclic amines) is 1. The molecular weight excluding hydrogens is 330 g/mol. The van der Waals surface area contributed by atoms with Crippen LogP contribution in [0.3, 0.4) is 0 Å². The van der Waals surface area contributed by atoms with Gasteiger partial charge in [0.25, 0.3) is 0 Å². The average Bonchev–Trinajstić information content (AvgIpc) is 3.25. The topological polar surface area (TPSA) is 49.6 Å². The van der Waals surface area contributed by atoms with Crippen molar-refractivity contribution in [2.75, 3.05) is 20.6 Å². The van der Waals surface area contributed by atoms with E-state index in [-0.39, 0.29) is 12.1 Å². The second-order valence-corrected chi connectivity index (χ2v) is 7.80. The van der Waals surface area contributed by atoms with Crippen molar-refractivity contribution in [3.8, 4) is 0 Å². The predicted molar refractivity (Wildman–Crippen MR) is 104 cm³/mol. The van der Waals surface area contributed by atoms with Crippen LogP contribution >= 0.6 is 11.3 Å². The molecule has 134 valence electrons. The summed E-state index contributed by atoms with van der Waals surface area (Å²) < 4.78 is 0. The van der Waals surface area contributed by atoms with E-state index in [1.807, 2.05) is 11.0 Å². The minimum absolute atomic E-state index is 0.181. The van der Waals surface area contributed by atoms with Gasteiger partial charge in [-0.3, -0.25) is 0 Å². The molecule has 2 amide bonds. The molecule has 1 aliphatic rings. The van der Waals surface area contributed by atoms with Gasteiger partial charge in [0.1, 0.15) is 0 Å². The zero-order chi connectivity index (χ0) is 17.8. The molecule has 1 saturated heterocycles. The second-order valence-electron chi connectivity index (χ2n) is 7.02. The summed E-state index contributed by atoms with van der Waals surface area (Å²) in [6, 6.07) is 13.0. The van der Waals surface area contributed by atoms with Gasteiger partial charge in [0.2, 0.25) is 0 Å². The Morgan fingerprint density at radius 2 is 2.08 bits per heavy atom. The largest absolute Gasteiger partial charge is 0.351 e. The van der Waals surface area contributed by atoms with Crippen molar-refractivity contribution < 1.29 is 4.79 Å². The van der Waals surface area contributed by atoms with Gasteiger partial charge in [-0.05, 0) is 61.3 Å². The molecule has 1 fully saturated rings. The summed E-state index contributed by atoms with van der Waals surface area (Å²) in [6.45, 7) is 0.755. The first-order valence-corrected chi connectivity index (χ1v) is 9.81. The number of carbonyl (C=O) groups excluding carboxylic acids is 1. The van der Waals surface area contributed by atoms with Gasteiger partial charge in [-0.25, -0.2) is 4.79 Å². The molecule has 5 heteroatoms. The van der Waals surface area contributed by atoms with Crippen LogP contribution in [-0.4, -0.2) is 42.5 Å². The van der Waals surface area contributed by atoms with Gasteiger partial charge in [-0.2, -0.15) is 11.3 Å². The van der Waals surface area contributed by atoms with E-state index in [4.69, 9.17) is 5.73 Å². The van der Waals surface area contributed by atoms with Crippen LogP contribution < -0.4 is 5.73 Å². The molecule has 2 heterocycles. The van der Waals surface area contributed by atoms with E-state index in [0.717, 1.165) is 25.8 Å². The molecule has 1 aromatic carbocycles. The Morgan fingerprint density at radius 3 is 2.68 bits per heavy atom. The van der Waals surface area contributed by atoms with Crippen molar-refractivity contribution in [1.82, 2.24) is 9.80 Å². The maximum atomic E-state index is 11.9. The third-order valence-corrected chi connectivity index (χ3v) is 6.05. The third-order valence-electron chi connectivity index (χ3n) is 5.34. The summed E-state index contributed by atoms with van der Waals surface area (Å²) >= 11 is 1.74. The van der Waals surface area contributed by atoms with Crippen LogP contribution in [-0.2, 0) is 0 Å². The Labute approximate surface area is 154 Å². The first kappa shape index (κ1) is 18.0. The minimum atomic E-state index is -0.291. The molecular formula is C20H27N3OS. The van der Waals surface area contributed by atoms with Crippen LogP contribution in [0.5, 0.6) is 0 Å². The molecule has 2 N–H and O–H groups in total. The lowest BCUT2D eigenvalue weighted by Crippen LogP contribution is -2.41. The number of hydrogen-bond acceptors (Lipinski definition) is 3. The highest BCUT2D eigenvalue weighted by Crippen LogP contribution is 2.38. The van der Waals surface area contributed by atoms with Gasteiger partial charge in [0, 0.05) is 24.5 Å². The highest BCUT2D eigenvalue weighted by Gasteiger charge is 2.37. The second kappa shape index (κ2) is 8.02. The molecule has 2 unspecified atom stereocenters. The van der Waals surface area contributed by atoms with E-state index in [0.29, 0.717) is 12.0 Å². The van der Waals surface area contributed by atoms with E-state index in [2.05, 4.69) is 60.1 Å². The van der Waals surface area contributed by atoms with Crippen molar-refractivity contribution in [3.05, 3.63) is 58.3 Å². The lowest BCUT2D eigenvalue weighted by atomic mass is 9.87. The summed E-state index contributed by atoms with van der Waals surface area (Å²) in [5, 5.41) is 4.35. The number of amides is 2. The molecule has 2 aromatic rings. The van der Waals surface area contributed by atoms with Crippen LogP contribution in [0.2, 0.25) is 0 Å². The summed E-state index contributed by atoms with van der Waals surface area (Å²) in [4.78, 5) is 16.1. The van der Waals surface area contributed by atoms with E-state index in [9.17, 15) is 4.79 Å². The molecule has 0 saturated carbocycles. The van der Waals surface area contributed by atoms with Crippen LogP contribution in [0, 0.1) is 0 Å². The normalized spacial score (nSPS) is 21.6. The predicted octanol–water partition coefficient (Wildman–Crippen LogP) is 4.07. The lowest BCUT2D eigenvalue weighted by Gasteiger charge is -2.30. The Kier molecular flexibility index (Phi) is 5.76. The number of thiophene rings is 1. The zero-order valence-electron chi connectivity index (χ0n) is 15.0. The van der Waals surface area contributed by atoms with E-state index in [1.165, 1.54) is 11.1 Å². The molecule has 1 aromatic heterocycles. The van der Waals surface area contributed by atoms with Gasteiger partial charge in [0.15, 0.2) is 0 Å². The average molecular weight is 358 g/mol. The Bertz CT molecular complexity index is 672. The highest BCUT2D eigenvalue weighted by molar-refractivity contribution is 7.07. The first-order chi connectivity index (χ1) is 12.1. The maximum Gasteiger partial charge on any atom is 0.315 e. The van der Waals surface area contributed by atoms with Gasteiger partial charge in [-0.1, -0.05) is 30.3 Å². The number of primary amides is 1. The van der Waals surface area contributed by atoms with Crippen molar-refractivity contribution >= 4 is 17.4 Å². The molecule has 0 spiro atoms. The van der Waals surface area contributed by atoms with Crippen LogP contribution in [0.25, 0.3) is 0 Å². The van der Waals surface area contributed by atoms with Crippen molar-refractivity contribution in [3.63, 3.8) is 0 Å². The summed E-state index contributed by atoms with van der Waals surface area (Å²) in [6.07, 6.45) is 2.96. The highest BCUT2D eigenvalue weighted by atomic mass is 32.1. The monoisotopic (exact) mass is 357 g/mol. The summed E-state index contributed by atoms with van der Waals surface area (Å²) in [7, 11) is 4.25. The first-order valence-electron chi connectivity index (χ1n) is 8.87. The summed E-state index contributed by atoms with van der Waals surface area (Å²) in [5.41, 5.74) is 8.34. The molecule has 4 nitrogen and oxygen atoms in total. The number of nitrogens with zero attached hydrogens (tertiary/aromatic N) is 2. The number of nitrogens with two attached hydrogens (primary N) is 1. The standard InChI is InChI=1S/C20H27N3OS/c1-22(2)18(16-11-13-25-14-16)8-9-19-17(10-12-23(19)20(21)24)15-6-4-3-5-7-15/h3-7,11,13-14,17-19H,8-10,12H2,1-2H3,(H2,21,24)/t17?,18-,19?/m0/s1. The van der Waals surface area contributed by atoms with Crippen molar-refractivity contribution in [2.24, 2.45) is 5.73 Å². The fourth-order valence-electron chi connectivity index (χ4n) is 4.09. The Morgan fingerprint density at radius 1 is 1.32 bits per heavy atom. The quantitative estimate of drug-likeness (QED) is 0.847. The number of urea groups is 1. The van der Waals surface area contributed by atoms with Gasteiger partial charge in [-0.15, -0.1) is 0 Å². The number of hydrogen-bond donors (Lipinski definition) is 1. The smallest absolute Gasteiger partial charge is 0.315 e. The Hall–Kier alpha value is -1.85. The molecule has 0 aliphatic carbocycles. The van der Waals surface area contributed by atoms with Crippen LogP contribution in [0.15, 0.2) is 47.2 Å². The van der Waals surface area contributed by atoms with E-state index < -0.39 is 0 Å². The molecule has 25 heavy (non-hydrogen) atoms. The molecule has 1 aliphatic heterocycles. The fraction of sp³-hybridized carbons (Fsp3) is 0.450. The van der Waals surface area contributed by atoms with Gasteiger partial charge >= 0.3 is 6.03 Å². The number of benzene rings is 1. The fourth-order valence-corrected chi connectivity index (χ4v) is 4.80. The molecule has 3 atom stereocenters. The van der Waals surface area contributed by atoms with Crippen molar-refractivity contribution in [1.29, 1.82) is 0 Å². The molecule has 3 rings (SSSR count). The molecule has 0 bridgehead atoms. The van der Waals surface area contributed by atoms with E-state index >= 15 is 0 Å². The van der Waals surface area contributed by atoms with Gasteiger partial charge in [0.05, 0.1) is 0 Å².